The summed E-state index contributed by atoms with van der Waals surface area (Å²) in [6.07, 6.45) is 2.46. The molecule has 1 unspecified atom stereocenters. The molecule has 3 nitrogen and oxygen atoms in total. The summed E-state index contributed by atoms with van der Waals surface area (Å²) in [6.45, 7) is 1.25. The highest BCUT2D eigenvalue weighted by Gasteiger charge is 2.45. The minimum absolute atomic E-state index is 0.0448. The van der Waals surface area contributed by atoms with Gasteiger partial charge in [0.25, 0.3) is 0 Å². The summed E-state index contributed by atoms with van der Waals surface area (Å²) in [5.74, 6) is -1.72. The summed E-state index contributed by atoms with van der Waals surface area (Å²) in [5, 5.41) is 13.3. The van der Waals surface area contributed by atoms with Crippen molar-refractivity contribution < 1.29 is 18.7 Å². The fourth-order valence-corrected chi connectivity index (χ4v) is 3.38. The van der Waals surface area contributed by atoms with Crippen molar-refractivity contribution in [3.05, 3.63) is 71.3 Å². The van der Waals surface area contributed by atoms with Crippen LogP contribution in [-0.4, -0.2) is 17.6 Å². The van der Waals surface area contributed by atoms with Crippen molar-refractivity contribution >= 4 is 5.91 Å². The Kier molecular flexibility index (Phi) is 4.60. The molecule has 132 valence electrons. The number of amides is 1. The lowest BCUT2D eigenvalue weighted by Gasteiger charge is -2.41. The largest absolute Gasteiger partial charge is 0.383 e. The third kappa shape index (κ3) is 3.29. The summed E-state index contributed by atoms with van der Waals surface area (Å²) >= 11 is 0. The SMILES string of the molecule is CC(O)(CNC(=O)C1(c2ccccc2)CCC1)c1ccc(F)cc1F. The van der Waals surface area contributed by atoms with Gasteiger partial charge in [0.05, 0.1) is 12.0 Å². The van der Waals surface area contributed by atoms with E-state index >= 15 is 0 Å². The predicted octanol–water partition coefficient (Wildman–Crippen LogP) is 3.41. The van der Waals surface area contributed by atoms with Crippen LogP contribution in [-0.2, 0) is 15.8 Å². The van der Waals surface area contributed by atoms with Crippen LogP contribution in [0.1, 0.15) is 37.3 Å². The molecule has 3 rings (SSSR count). The lowest BCUT2D eigenvalue weighted by atomic mass is 9.63. The van der Waals surface area contributed by atoms with Gasteiger partial charge in [0.1, 0.15) is 17.2 Å². The quantitative estimate of drug-likeness (QED) is 0.872. The van der Waals surface area contributed by atoms with E-state index in [2.05, 4.69) is 5.32 Å². The van der Waals surface area contributed by atoms with Gasteiger partial charge < -0.3 is 10.4 Å². The Balaban J connectivity index is 1.75. The predicted molar refractivity (Wildman–Crippen MR) is 90.9 cm³/mol. The third-order valence-corrected chi connectivity index (χ3v) is 5.07. The number of carbonyl (C=O) groups is 1. The van der Waals surface area contributed by atoms with E-state index in [1.807, 2.05) is 30.3 Å². The van der Waals surface area contributed by atoms with Crippen LogP contribution in [0, 0.1) is 11.6 Å². The first kappa shape index (κ1) is 17.5. The molecule has 1 saturated carbocycles. The molecule has 5 heteroatoms. The van der Waals surface area contributed by atoms with Crippen molar-refractivity contribution in [2.24, 2.45) is 0 Å². The lowest BCUT2D eigenvalue weighted by Crippen LogP contribution is -2.52. The number of hydrogen-bond acceptors (Lipinski definition) is 2. The zero-order chi connectivity index (χ0) is 18.1. The zero-order valence-electron chi connectivity index (χ0n) is 14.1. The van der Waals surface area contributed by atoms with Gasteiger partial charge >= 0.3 is 0 Å². The highest BCUT2D eigenvalue weighted by atomic mass is 19.1. The molecule has 1 aliphatic rings. The van der Waals surface area contributed by atoms with Gasteiger partial charge in [0.2, 0.25) is 5.91 Å². The Bertz CT molecular complexity index is 771. The first-order valence-corrected chi connectivity index (χ1v) is 8.37. The van der Waals surface area contributed by atoms with E-state index in [1.54, 1.807) is 0 Å². The molecule has 1 fully saturated rings. The molecule has 2 aromatic rings. The van der Waals surface area contributed by atoms with E-state index < -0.39 is 22.7 Å². The topological polar surface area (TPSA) is 49.3 Å². The summed E-state index contributed by atoms with van der Waals surface area (Å²) in [5.41, 5.74) is -1.31. The summed E-state index contributed by atoms with van der Waals surface area (Å²) in [4.78, 5) is 12.8. The smallest absolute Gasteiger partial charge is 0.230 e. The molecule has 0 aliphatic heterocycles. The number of benzene rings is 2. The number of halogens is 2. The van der Waals surface area contributed by atoms with E-state index in [1.165, 1.54) is 13.0 Å². The van der Waals surface area contributed by atoms with Gasteiger partial charge in [0, 0.05) is 11.6 Å². The van der Waals surface area contributed by atoms with E-state index in [0.717, 1.165) is 37.0 Å². The second-order valence-electron chi connectivity index (χ2n) is 6.88. The van der Waals surface area contributed by atoms with Gasteiger partial charge in [-0.2, -0.15) is 0 Å². The Morgan fingerprint density at radius 3 is 2.44 bits per heavy atom. The minimum Gasteiger partial charge on any atom is -0.383 e. The van der Waals surface area contributed by atoms with Crippen molar-refractivity contribution in [3.8, 4) is 0 Å². The highest BCUT2D eigenvalue weighted by molar-refractivity contribution is 5.89. The molecule has 25 heavy (non-hydrogen) atoms. The molecule has 2 N–H and O–H groups in total. The average Bonchev–Trinajstić information content (AvgIpc) is 2.53. The number of carbonyl (C=O) groups excluding carboxylic acids is 1. The third-order valence-electron chi connectivity index (χ3n) is 5.07. The second kappa shape index (κ2) is 6.56. The highest BCUT2D eigenvalue weighted by Crippen LogP contribution is 2.44. The fourth-order valence-electron chi connectivity index (χ4n) is 3.38. The number of aliphatic hydroxyl groups is 1. The second-order valence-corrected chi connectivity index (χ2v) is 6.88. The fraction of sp³-hybridized carbons (Fsp3) is 0.350. The van der Waals surface area contributed by atoms with Crippen LogP contribution in [0.4, 0.5) is 8.78 Å². The zero-order valence-corrected chi connectivity index (χ0v) is 14.1. The Morgan fingerprint density at radius 1 is 1.20 bits per heavy atom. The maximum absolute atomic E-state index is 13.9. The summed E-state index contributed by atoms with van der Waals surface area (Å²) < 4.78 is 27.0. The number of nitrogens with one attached hydrogen (secondary N) is 1. The van der Waals surface area contributed by atoms with Crippen molar-refractivity contribution in [3.63, 3.8) is 0 Å². The maximum atomic E-state index is 13.9. The van der Waals surface area contributed by atoms with Crippen molar-refractivity contribution in [2.75, 3.05) is 6.54 Å². The van der Waals surface area contributed by atoms with Crippen molar-refractivity contribution in [1.29, 1.82) is 0 Å². The molecular formula is C20H21F2NO2. The molecule has 1 atom stereocenters. The van der Waals surface area contributed by atoms with Gasteiger partial charge in [-0.15, -0.1) is 0 Å². The van der Waals surface area contributed by atoms with Gasteiger partial charge in [0.15, 0.2) is 0 Å². The molecule has 0 heterocycles. The van der Waals surface area contributed by atoms with E-state index in [9.17, 15) is 18.7 Å². The van der Waals surface area contributed by atoms with Crippen LogP contribution in [0.5, 0.6) is 0 Å². The van der Waals surface area contributed by atoms with Crippen molar-refractivity contribution in [2.45, 2.75) is 37.2 Å². The Labute approximate surface area is 145 Å². The van der Waals surface area contributed by atoms with E-state index in [4.69, 9.17) is 0 Å². The van der Waals surface area contributed by atoms with Crippen LogP contribution in [0.25, 0.3) is 0 Å². The number of hydrogen-bond donors (Lipinski definition) is 2. The standard InChI is InChI=1S/C20H21F2NO2/c1-19(25,16-9-8-15(21)12-17(16)22)13-23-18(24)20(10-5-11-20)14-6-3-2-4-7-14/h2-4,6-9,12,25H,5,10-11,13H2,1H3,(H,23,24). The van der Waals surface area contributed by atoms with E-state index in [0.29, 0.717) is 0 Å². The van der Waals surface area contributed by atoms with Gasteiger partial charge in [-0.25, -0.2) is 8.78 Å². The molecule has 0 aromatic heterocycles. The first-order chi connectivity index (χ1) is 11.8. The summed E-state index contributed by atoms with van der Waals surface area (Å²) in [6, 6.07) is 12.6. The molecular weight excluding hydrogens is 324 g/mol. The maximum Gasteiger partial charge on any atom is 0.230 e. The molecule has 0 bridgehead atoms. The van der Waals surface area contributed by atoms with Crippen molar-refractivity contribution in [1.82, 2.24) is 5.32 Å². The molecule has 0 saturated heterocycles. The van der Waals surface area contributed by atoms with Gasteiger partial charge in [-0.3, -0.25) is 4.79 Å². The van der Waals surface area contributed by atoms with Gasteiger partial charge in [-0.1, -0.05) is 42.8 Å². The normalized spacial score (nSPS) is 18.1. The Hall–Kier alpha value is -2.27. The van der Waals surface area contributed by atoms with Crippen LogP contribution < -0.4 is 5.32 Å². The first-order valence-electron chi connectivity index (χ1n) is 8.37. The molecule has 1 amide bonds. The molecule has 0 spiro atoms. The van der Waals surface area contributed by atoms with Gasteiger partial charge in [-0.05, 0) is 31.4 Å². The van der Waals surface area contributed by atoms with Crippen LogP contribution in [0.15, 0.2) is 48.5 Å². The van der Waals surface area contributed by atoms with Crippen LogP contribution in [0.2, 0.25) is 0 Å². The average molecular weight is 345 g/mol. The minimum atomic E-state index is -1.63. The molecule has 2 aromatic carbocycles. The summed E-state index contributed by atoms with van der Waals surface area (Å²) in [7, 11) is 0. The molecule has 1 aliphatic carbocycles. The Morgan fingerprint density at radius 2 is 1.88 bits per heavy atom. The molecule has 0 radical (unpaired) electrons. The monoisotopic (exact) mass is 345 g/mol. The van der Waals surface area contributed by atoms with E-state index in [-0.39, 0.29) is 18.0 Å². The lowest BCUT2D eigenvalue weighted by molar-refractivity contribution is -0.131. The van der Waals surface area contributed by atoms with Crippen LogP contribution in [0.3, 0.4) is 0 Å². The number of rotatable bonds is 5. The van der Waals surface area contributed by atoms with Crippen LogP contribution >= 0.6 is 0 Å².